The van der Waals surface area contributed by atoms with Crippen molar-refractivity contribution in [3.8, 4) is 0 Å². The van der Waals surface area contributed by atoms with Gasteiger partial charge in [-0.05, 0) is 19.0 Å². The molecule has 74 valence electrons. The summed E-state index contributed by atoms with van der Waals surface area (Å²) in [5, 5.41) is 0. The van der Waals surface area contributed by atoms with Gasteiger partial charge in [-0.3, -0.25) is 4.90 Å². The van der Waals surface area contributed by atoms with Gasteiger partial charge in [-0.1, -0.05) is 13.8 Å². The van der Waals surface area contributed by atoms with E-state index in [4.69, 9.17) is 5.73 Å². The number of nitrogens with zero attached hydrogens (tertiary/aromatic N) is 1. The molecule has 0 spiro atoms. The summed E-state index contributed by atoms with van der Waals surface area (Å²) in [6, 6.07) is 0. The Bertz CT molecular complexity index is 109. The van der Waals surface area contributed by atoms with E-state index in [9.17, 15) is 8.78 Å². The lowest BCUT2D eigenvalue weighted by molar-refractivity contribution is 0.0846. The minimum atomic E-state index is -2.24. The Hall–Kier alpha value is -0.220. The fraction of sp³-hybridized carbons (Fsp3) is 1.00. The van der Waals surface area contributed by atoms with Crippen molar-refractivity contribution in [3.63, 3.8) is 0 Å². The minimum Gasteiger partial charge on any atom is -0.330 e. The standard InChI is InChI=1S/C8H18F2N2/c1-3-12(6-8(9)10)5-7(2)4-11/h7-8H,3-6,11H2,1-2H3. The van der Waals surface area contributed by atoms with Gasteiger partial charge in [0.05, 0.1) is 6.54 Å². The molecule has 0 aliphatic rings. The molecule has 0 rings (SSSR count). The van der Waals surface area contributed by atoms with Crippen molar-refractivity contribution in [3.05, 3.63) is 0 Å². The lowest BCUT2D eigenvalue weighted by Crippen LogP contribution is -2.34. The third-order valence-electron chi connectivity index (χ3n) is 1.82. The maximum absolute atomic E-state index is 12.0. The van der Waals surface area contributed by atoms with Crippen molar-refractivity contribution in [2.24, 2.45) is 11.7 Å². The van der Waals surface area contributed by atoms with E-state index in [1.165, 1.54) is 0 Å². The van der Waals surface area contributed by atoms with Gasteiger partial charge in [-0.15, -0.1) is 0 Å². The highest BCUT2D eigenvalue weighted by Crippen LogP contribution is 2.02. The zero-order valence-corrected chi connectivity index (χ0v) is 7.76. The molecule has 0 saturated heterocycles. The van der Waals surface area contributed by atoms with Crippen LogP contribution in [0.3, 0.4) is 0 Å². The second kappa shape index (κ2) is 6.31. The largest absolute Gasteiger partial charge is 0.330 e. The predicted molar refractivity (Wildman–Crippen MR) is 46.3 cm³/mol. The van der Waals surface area contributed by atoms with Gasteiger partial charge >= 0.3 is 0 Å². The number of hydrogen-bond acceptors (Lipinski definition) is 2. The Morgan fingerprint density at radius 1 is 1.33 bits per heavy atom. The quantitative estimate of drug-likeness (QED) is 0.664. The number of halogens is 2. The van der Waals surface area contributed by atoms with E-state index >= 15 is 0 Å². The van der Waals surface area contributed by atoms with E-state index < -0.39 is 6.43 Å². The Kier molecular flexibility index (Phi) is 6.20. The highest BCUT2D eigenvalue weighted by atomic mass is 19.3. The van der Waals surface area contributed by atoms with Crippen LogP contribution in [0, 0.1) is 5.92 Å². The molecule has 0 aromatic carbocycles. The van der Waals surface area contributed by atoms with Gasteiger partial charge in [-0.2, -0.15) is 0 Å². The van der Waals surface area contributed by atoms with Crippen molar-refractivity contribution in [1.29, 1.82) is 0 Å². The molecule has 2 nitrogen and oxygen atoms in total. The summed E-state index contributed by atoms with van der Waals surface area (Å²) in [5.74, 6) is 0.295. The first-order valence-electron chi connectivity index (χ1n) is 4.30. The van der Waals surface area contributed by atoms with Crippen LogP contribution < -0.4 is 5.73 Å². The van der Waals surface area contributed by atoms with Crippen molar-refractivity contribution < 1.29 is 8.78 Å². The van der Waals surface area contributed by atoms with Crippen molar-refractivity contribution in [1.82, 2.24) is 4.90 Å². The smallest absolute Gasteiger partial charge is 0.251 e. The first-order chi connectivity index (χ1) is 5.60. The third-order valence-corrected chi connectivity index (χ3v) is 1.82. The van der Waals surface area contributed by atoms with Crippen LogP contribution in [0.15, 0.2) is 0 Å². The SMILES string of the molecule is CCN(CC(F)F)CC(C)CN. The number of alkyl halides is 2. The summed E-state index contributed by atoms with van der Waals surface area (Å²) in [6.07, 6.45) is -2.24. The topological polar surface area (TPSA) is 29.3 Å². The highest BCUT2D eigenvalue weighted by Gasteiger charge is 2.12. The first-order valence-corrected chi connectivity index (χ1v) is 4.30. The second-order valence-corrected chi connectivity index (χ2v) is 3.08. The Morgan fingerprint density at radius 2 is 1.92 bits per heavy atom. The first kappa shape index (κ1) is 11.8. The molecule has 0 fully saturated rings. The number of rotatable bonds is 6. The molecule has 1 atom stereocenters. The summed E-state index contributed by atoms with van der Waals surface area (Å²) >= 11 is 0. The average molecular weight is 180 g/mol. The van der Waals surface area contributed by atoms with Gasteiger partial charge in [0.25, 0.3) is 6.43 Å². The van der Waals surface area contributed by atoms with Gasteiger partial charge < -0.3 is 5.73 Å². The normalized spacial score (nSPS) is 14.2. The maximum atomic E-state index is 12.0. The summed E-state index contributed by atoms with van der Waals surface area (Å²) in [5.41, 5.74) is 5.39. The van der Waals surface area contributed by atoms with E-state index in [0.29, 0.717) is 25.6 Å². The summed E-state index contributed by atoms with van der Waals surface area (Å²) in [7, 11) is 0. The van der Waals surface area contributed by atoms with Crippen LogP contribution in [0.5, 0.6) is 0 Å². The van der Waals surface area contributed by atoms with Crippen LogP contribution in [0.2, 0.25) is 0 Å². The molecule has 12 heavy (non-hydrogen) atoms. The summed E-state index contributed by atoms with van der Waals surface area (Å²) < 4.78 is 23.9. The second-order valence-electron chi connectivity index (χ2n) is 3.08. The van der Waals surface area contributed by atoms with Crippen LogP contribution >= 0.6 is 0 Å². The molecule has 0 amide bonds. The van der Waals surface area contributed by atoms with Gasteiger partial charge in [0.1, 0.15) is 0 Å². The van der Waals surface area contributed by atoms with E-state index in [1.807, 2.05) is 13.8 Å². The van der Waals surface area contributed by atoms with Crippen LogP contribution in [0.1, 0.15) is 13.8 Å². The summed E-state index contributed by atoms with van der Waals surface area (Å²) in [4.78, 5) is 1.72. The lowest BCUT2D eigenvalue weighted by atomic mass is 10.2. The molecular weight excluding hydrogens is 162 g/mol. The zero-order chi connectivity index (χ0) is 9.56. The van der Waals surface area contributed by atoms with Crippen molar-refractivity contribution in [2.75, 3.05) is 26.2 Å². The molecule has 0 aliphatic heterocycles. The molecule has 1 unspecified atom stereocenters. The Morgan fingerprint density at radius 3 is 2.25 bits per heavy atom. The number of nitrogens with two attached hydrogens (primary N) is 1. The van der Waals surface area contributed by atoms with E-state index in [1.54, 1.807) is 4.90 Å². The van der Waals surface area contributed by atoms with E-state index in [0.717, 1.165) is 0 Å². The van der Waals surface area contributed by atoms with Gasteiger partial charge in [-0.25, -0.2) is 8.78 Å². The Balaban J connectivity index is 3.66. The molecule has 0 bridgehead atoms. The third kappa shape index (κ3) is 5.43. The van der Waals surface area contributed by atoms with Gasteiger partial charge in [0.15, 0.2) is 0 Å². The molecule has 0 aromatic rings. The molecule has 0 saturated carbocycles. The van der Waals surface area contributed by atoms with Gasteiger partial charge in [0.2, 0.25) is 0 Å². The monoisotopic (exact) mass is 180 g/mol. The van der Waals surface area contributed by atoms with Crippen LogP contribution in [-0.2, 0) is 0 Å². The fourth-order valence-electron chi connectivity index (χ4n) is 1.04. The molecule has 0 aromatic heterocycles. The average Bonchev–Trinajstić information content (AvgIpc) is 2.02. The van der Waals surface area contributed by atoms with Gasteiger partial charge in [0, 0.05) is 6.54 Å². The molecule has 0 heterocycles. The molecule has 2 N–H and O–H groups in total. The van der Waals surface area contributed by atoms with E-state index in [2.05, 4.69) is 0 Å². The van der Waals surface area contributed by atoms with Crippen LogP contribution in [0.4, 0.5) is 8.78 Å². The minimum absolute atomic E-state index is 0.138. The summed E-state index contributed by atoms with van der Waals surface area (Å²) in [6.45, 7) is 5.59. The van der Waals surface area contributed by atoms with Crippen LogP contribution in [0.25, 0.3) is 0 Å². The maximum Gasteiger partial charge on any atom is 0.251 e. The predicted octanol–water partition coefficient (Wildman–Crippen LogP) is 1.17. The van der Waals surface area contributed by atoms with E-state index in [-0.39, 0.29) is 6.54 Å². The highest BCUT2D eigenvalue weighted by molar-refractivity contribution is 4.62. The van der Waals surface area contributed by atoms with Crippen LogP contribution in [-0.4, -0.2) is 37.5 Å². The van der Waals surface area contributed by atoms with Crippen molar-refractivity contribution in [2.45, 2.75) is 20.3 Å². The molecule has 4 heteroatoms. The Labute approximate surface area is 72.7 Å². The molecular formula is C8H18F2N2. The number of hydrogen-bond donors (Lipinski definition) is 1. The fourth-order valence-corrected chi connectivity index (χ4v) is 1.04. The molecule has 0 radical (unpaired) electrons. The lowest BCUT2D eigenvalue weighted by Gasteiger charge is -2.22. The molecule has 0 aliphatic carbocycles. The van der Waals surface area contributed by atoms with Crippen molar-refractivity contribution >= 4 is 0 Å². The zero-order valence-electron chi connectivity index (χ0n) is 7.76.